The van der Waals surface area contributed by atoms with Crippen LogP contribution in [0.4, 0.5) is 0 Å². The lowest BCUT2D eigenvalue weighted by atomic mass is 10.0. The van der Waals surface area contributed by atoms with Crippen LogP contribution in [0, 0.1) is 6.92 Å². The van der Waals surface area contributed by atoms with Crippen LogP contribution in [-0.4, -0.2) is 16.5 Å². The predicted octanol–water partition coefficient (Wildman–Crippen LogP) is 3.33. The molecule has 1 aromatic heterocycles. The molecule has 0 amide bonds. The van der Waals surface area contributed by atoms with Gasteiger partial charge in [0.15, 0.2) is 0 Å². The highest BCUT2D eigenvalue weighted by Gasteiger charge is 2.12. The van der Waals surface area contributed by atoms with Crippen molar-refractivity contribution in [3.8, 4) is 0 Å². The van der Waals surface area contributed by atoms with Gasteiger partial charge in [-0.15, -0.1) is 0 Å². The van der Waals surface area contributed by atoms with E-state index in [-0.39, 0.29) is 6.04 Å². The minimum atomic E-state index is 0.180. The lowest BCUT2D eigenvalue weighted by molar-refractivity contribution is 0.534. The molecule has 1 atom stereocenters. The van der Waals surface area contributed by atoms with E-state index in [1.54, 1.807) is 0 Å². The number of rotatable bonds is 5. The summed E-state index contributed by atoms with van der Waals surface area (Å²) in [5, 5.41) is 4.21. The third kappa shape index (κ3) is 4.01. The fourth-order valence-electron chi connectivity index (χ4n) is 1.97. The molecule has 0 bridgehead atoms. The first kappa shape index (κ1) is 14.0. The molecular weight excluding hydrogens is 258 g/mol. The molecule has 100 valence electrons. The summed E-state index contributed by atoms with van der Waals surface area (Å²) in [6.45, 7) is 4.93. The van der Waals surface area contributed by atoms with Crippen molar-refractivity contribution < 1.29 is 0 Å². The number of halogens is 1. The van der Waals surface area contributed by atoms with Crippen LogP contribution in [0.25, 0.3) is 0 Å². The largest absolute Gasteiger partial charge is 0.309 e. The van der Waals surface area contributed by atoms with Crippen molar-refractivity contribution in [3.05, 3.63) is 58.6 Å². The van der Waals surface area contributed by atoms with Gasteiger partial charge in [0.05, 0.1) is 23.6 Å². The smallest absolute Gasteiger partial charge is 0.0759 e. The van der Waals surface area contributed by atoms with Crippen LogP contribution in [0.2, 0.25) is 5.02 Å². The van der Waals surface area contributed by atoms with E-state index in [1.165, 1.54) is 5.56 Å². The lowest BCUT2D eigenvalue weighted by Gasteiger charge is -2.17. The number of likely N-dealkylation sites (N-methyl/N-ethyl adjacent to an activating group) is 1. The van der Waals surface area contributed by atoms with Crippen LogP contribution in [0.15, 0.2) is 36.7 Å². The summed E-state index contributed by atoms with van der Waals surface area (Å²) >= 11 is 5.91. The van der Waals surface area contributed by atoms with Gasteiger partial charge >= 0.3 is 0 Å². The van der Waals surface area contributed by atoms with Crippen molar-refractivity contribution in [3.63, 3.8) is 0 Å². The minimum Gasteiger partial charge on any atom is -0.309 e. The van der Waals surface area contributed by atoms with Gasteiger partial charge in [0.25, 0.3) is 0 Å². The first-order valence-corrected chi connectivity index (χ1v) is 6.83. The van der Waals surface area contributed by atoms with Crippen molar-refractivity contribution >= 4 is 11.6 Å². The number of aryl methyl sites for hydroxylation is 1. The van der Waals surface area contributed by atoms with Gasteiger partial charge in [-0.2, -0.15) is 0 Å². The molecule has 0 saturated heterocycles. The summed E-state index contributed by atoms with van der Waals surface area (Å²) in [6, 6.07) is 8.11. The molecule has 0 saturated carbocycles. The van der Waals surface area contributed by atoms with Crippen LogP contribution in [0.1, 0.15) is 29.9 Å². The normalized spacial score (nSPS) is 12.4. The van der Waals surface area contributed by atoms with Gasteiger partial charge < -0.3 is 5.32 Å². The van der Waals surface area contributed by atoms with E-state index in [2.05, 4.69) is 22.2 Å². The van der Waals surface area contributed by atoms with Gasteiger partial charge in [-0.1, -0.05) is 30.7 Å². The molecule has 0 aliphatic rings. The second-order valence-corrected chi connectivity index (χ2v) is 4.96. The fraction of sp³-hybridized carbons (Fsp3) is 0.333. The van der Waals surface area contributed by atoms with E-state index < -0.39 is 0 Å². The molecule has 2 aromatic rings. The molecule has 0 radical (unpaired) electrons. The van der Waals surface area contributed by atoms with E-state index in [0.29, 0.717) is 0 Å². The maximum Gasteiger partial charge on any atom is 0.0759 e. The maximum atomic E-state index is 5.91. The van der Waals surface area contributed by atoms with Gasteiger partial charge in [0.2, 0.25) is 0 Å². The molecule has 3 nitrogen and oxygen atoms in total. The van der Waals surface area contributed by atoms with Gasteiger partial charge in [0.1, 0.15) is 0 Å². The van der Waals surface area contributed by atoms with Crippen LogP contribution >= 0.6 is 11.6 Å². The van der Waals surface area contributed by atoms with E-state index in [4.69, 9.17) is 11.6 Å². The first-order chi connectivity index (χ1) is 9.19. The van der Waals surface area contributed by atoms with Crippen molar-refractivity contribution in [2.45, 2.75) is 26.3 Å². The molecule has 0 fully saturated rings. The van der Waals surface area contributed by atoms with Gasteiger partial charge in [-0.25, -0.2) is 0 Å². The number of nitrogens with one attached hydrogen (secondary N) is 1. The average Bonchev–Trinajstić information content (AvgIpc) is 2.42. The maximum absolute atomic E-state index is 5.91. The van der Waals surface area contributed by atoms with Gasteiger partial charge in [0, 0.05) is 11.2 Å². The van der Waals surface area contributed by atoms with Crippen LogP contribution < -0.4 is 5.32 Å². The number of nitrogens with zero attached hydrogens (tertiary/aromatic N) is 2. The van der Waals surface area contributed by atoms with Crippen molar-refractivity contribution in [2.24, 2.45) is 0 Å². The highest BCUT2D eigenvalue weighted by molar-refractivity contribution is 6.30. The molecule has 2 rings (SSSR count). The number of hydrogen-bond acceptors (Lipinski definition) is 3. The molecule has 0 aliphatic heterocycles. The lowest BCUT2D eigenvalue weighted by Crippen LogP contribution is -2.24. The van der Waals surface area contributed by atoms with Gasteiger partial charge in [-0.05, 0) is 37.6 Å². The Morgan fingerprint density at radius 3 is 2.47 bits per heavy atom. The molecule has 1 aromatic carbocycles. The van der Waals surface area contributed by atoms with E-state index in [1.807, 2.05) is 43.6 Å². The average molecular weight is 276 g/mol. The molecule has 4 heteroatoms. The van der Waals surface area contributed by atoms with Crippen LogP contribution in [0.5, 0.6) is 0 Å². The number of hydrogen-bond donors (Lipinski definition) is 1. The summed E-state index contributed by atoms with van der Waals surface area (Å²) < 4.78 is 0. The second kappa shape index (κ2) is 6.64. The van der Waals surface area contributed by atoms with E-state index in [0.717, 1.165) is 29.4 Å². The molecule has 19 heavy (non-hydrogen) atoms. The Kier molecular flexibility index (Phi) is 4.88. The highest BCUT2D eigenvalue weighted by Crippen LogP contribution is 2.18. The Hall–Kier alpha value is -1.45. The third-order valence-corrected chi connectivity index (χ3v) is 3.21. The molecular formula is C15H18ClN3. The SMILES string of the molecule is CCNC(Cc1ccc(Cl)cc1)c1cnc(C)cn1. The zero-order valence-electron chi connectivity index (χ0n) is 11.2. The Bertz CT molecular complexity index is 508. The van der Waals surface area contributed by atoms with Crippen molar-refractivity contribution in [1.82, 2.24) is 15.3 Å². The zero-order chi connectivity index (χ0) is 13.7. The van der Waals surface area contributed by atoms with E-state index >= 15 is 0 Å². The zero-order valence-corrected chi connectivity index (χ0v) is 12.0. The predicted molar refractivity (Wildman–Crippen MR) is 78.3 cm³/mol. The Balaban J connectivity index is 2.15. The Labute approximate surface area is 119 Å². The summed E-state index contributed by atoms with van der Waals surface area (Å²) in [4.78, 5) is 8.77. The first-order valence-electron chi connectivity index (χ1n) is 6.45. The van der Waals surface area contributed by atoms with Gasteiger partial charge in [-0.3, -0.25) is 9.97 Å². The Morgan fingerprint density at radius 1 is 1.16 bits per heavy atom. The van der Waals surface area contributed by atoms with Crippen LogP contribution in [0.3, 0.4) is 0 Å². The molecule has 0 aliphatic carbocycles. The van der Waals surface area contributed by atoms with Crippen molar-refractivity contribution in [2.75, 3.05) is 6.54 Å². The summed E-state index contributed by atoms with van der Waals surface area (Å²) in [5.41, 5.74) is 3.14. The summed E-state index contributed by atoms with van der Waals surface area (Å²) in [6.07, 6.45) is 4.53. The fourth-order valence-corrected chi connectivity index (χ4v) is 2.09. The monoisotopic (exact) mass is 275 g/mol. The molecule has 0 spiro atoms. The quantitative estimate of drug-likeness (QED) is 0.909. The summed E-state index contributed by atoms with van der Waals surface area (Å²) in [5.74, 6) is 0. The minimum absolute atomic E-state index is 0.180. The Morgan fingerprint density at radius 2 is 1.89 bits per heavy atom. The van der Waals surface area contributed by atoms with Crippen LogP contribution in [-0.2, 0) is 6.42 Å². The molecule has 1 N–H and O–H groups in total. The topological polar surface area (TPSA) is 37.8 Å². The summed E-state index contributed by atoms with van der Waals surface area (Å²) in [7, 11) is 0. The highest BCUT2D eigenvalue weighted by atomic mass is 35.5. The standard InChI is InChI=1S/C15H18ClN3/c1-3-17-14(15-10-18-11(2)9-19-15)8-12-4-6-13(16)7-5-12/h4-7,9-10,14,17H,3,8H2,1-2H3. The number of aromatic nitrogens is 2. The molecule has 1 heterocycles. The third-order valence-electron chi connectivity index (χ3n) is 2.96. The van der Waals surface area contributed by atoms with E-state index in [9.17, 15) is 0 Å². The van der Waals surface area contributed by atoms with Crippen molar-refractivity contribution in [1.29, 1.82) is 0 Å². The second-order valence-electron chi connectivity index (χ2n) is 4.52. The number of benzene rings is 1. The molecule has 1 unspecified atom stereocenters.